The van der Waals surface area contributed by atoms with E-state index in [1.165, 1.54) is 0 Å². The van der Waals surface area contributed by atoms with Crippen LogP contribution >= 0.6 is 0 Å². The number of amides is 1. The highest BCUT2D eigenvalue weighted by molar-refractivity contribution is 5.84. The van der Waals surface area contributed by atoms with E-state index in [2.05, 4.69) is 5.32 Å². The van der Waals surface area contributed by atoms with E-state index in [0.717, 1.165) is 0 Å². The third kappa shape index (κ3) is 2.23. The lowest BCUT2D eigenvalue weighted by molar-refractivity contribution is -0.140. The van der Waals surface area contributed by atoms with E-state index in [9.17, 15) is 9.59 Å². The van der Waals surface area contributed by atoms with Crippen molar-refractivity contribution in [1.29, 1.82) is 0 Å². The maximum Gasteiger partial charge on any atom is 0.320 e. The molecule has 0 radical (unpaired) electrons. The van der Waals surface area contributed by atoms with Gasteiger partial charge in [-0.05, 0) is 12.8 Å². The maximum absolute atomic E-state index is 11.4. The van der Waals surface area contributed by atoms with Gasteiger partial charge in [0.1, 0.15) is 6.04 Å². The van der Waals surface area contributed by atoms with Crippen molar-refractivity contribution in [3.05, 3.63) is 0 Å². The number of likely N-dealkylation sites (tertiary alicyclic amines) is 1. The maximum atomic E-state index is 11.4. The minimum absolute atomic E-state index is 0.00954. The second-order valence-electron chi connectivity index (χ2n) is 3.57. The van der Waals surface area contributed by atoms with Gasteiger partial charge in [0.2, 0.25) is 5.91 Å². The lowest BCUT2D eigenvalue weighted by Crippen LogP contribution is -2.46. The molecule has 0 aromatic rings. The molecule has 14 heavy (non-hydrogen) atoms. The number of carbonyl (C=O) groups is 2. The Hall–Kier alpha value is -1.10. The van der Waals surface area contributed by atoms with Gasteiger partial charge in [-0.1, -0.05) is 6.92 Å². The number of rotatable bonds is 4. The minimum atomic E-state index is -0.894. The monoisotopic (exact) mass is 200 g/mol. The molecular weight excluding hydrogens is 184 g/mol. The topological polar surface area (TPSA) is 69.6 Å². The van der Waals surface area contributed by atoms with E-state index >= 15 is 0 Å². The fourth-order valence-corrected chi connectivity index (χ4v) is 1.58. The average Bonchev–Trinajstić information content (AvgIpc) is 2.44. The Morgan fingerprint density at radius 2 is 2.43 bits per heavy atom. The van der Waals surface area contributed by atoms with Crippen molar-refractivity contribution in [2.24, 2.45) is 0 Å². The van der Waals surface area contributed by atoms with Gasteiger partial charge >= 0.3 is 5.97 Å². The van der Waals surface area contributed by atoms with Gasteiger partial charge in [-0.3, -0.25) is 14.9 Å². The first kappa shape index (κ1) is 11.0. The lowest BCUT2D eigenvalue weighted by Gasteiger charge is -2.17. The van der Waals surface area contributed by atoms with Gasteiger partial charge < -0.3 is 10.0 Å². The number of aliphatic carboxylic acids is 1. The van der Waals surface area contributed by atoms with Crippen LogP contribution in [0, 0.1) is 0 Å². The third-order valence-electron chi connectivity index (χ3n) is 2.54. The minimum Gasteiger partial charge on any atom is -0.480 e. The molecule has 0 aromatic heterocycles. The van der Waals surface area contributed by atoms with Gasteiger partial charge in [0.15, 0.2) is 0 Å². The number of nitrogens with zero attached hydrogens (tertiary/aromatic N) is 1. The van der Waals surface area contributed by atoms with Crippen LogP contribution in [-0.2, 0) is 9.59 Å². The Kier molecular flexibility index (Phi) is 3.46. The van der Waals surface area contributed by atoms with Gasteiger partial charge in [-0.25, -0.2) is 0 Å². The molecule has 0 saturated carbocycles. The van der Waals surface area contributed by atoms with E-state index in [4.69, 9.17) is 5.11 Å². The first-order valence-corrected chi connectivity index (χ1v) is 4.80. The van der Waals surface area contributed by atoms with E-state index in [0.29, 0.717) is 19.4 Å². The van der Waals surface area contributed by atoms with E-state index in [1.54, 1.807) is 18.9 Å². The molecular formula is C9H16N2O3. The smallest absolute Gasteiger partial charge is 0.320 e. The van der Waals surface area contributed by atoms with Gasteiger partial charge in [-0.2, -0.15) is 0 Å². The van der Waals surface area contributed by atoms with E-state index < -0.39 is 12.0 Å². The summed E-state index contributed by atoms with van der Waals surface area (Å²) in [6.07, 6.45) is 1.18. The molecule has 1 saturated heterocycles. The highest BCUT2D eigenvalue weighted by atomic mass is 16.4. The molecule has 1 fully saturated rings. The molecule has 1 aliphatic heterocycles. The van der Waals surface area contributed by atoms with Crippen molar-refractivity contribution in [3.8, 4) is 0 Å². The SMILES string of the molecule is CCC(NC1CCN(C)C1=O)C(=O)O. The Balaban J connectivity index is 2.51. The number of carbonyl (C=O) groups excluding carboxylic acids is 1. The number of hydrogen-bond donors (Lipinski definition) is 2. The standard InChI is InChI=1S/C9H16N2O3/c1-3-6(9(13)14)10-7-4-5-11(2)8(7)12/h6-7,10H,3-5H2,1-2H3,(H,13,14). The first-order chi connectivity index (χ1) is 6.56. The van der Waals surface area contributed by atoms with Crippen molar-refractivity contribution < 1.29 is 14.7 Å². The van der Waals surface area contributed by atoms with Crippen LogP contribution in [0.5, 0.6) is 0 Å². The summed E-state index contributed by atoms with van der Waals surface area (Å²) in [6.45, 7) is 2.49. The Labute approximate surface area is 83.1 Å². The molecule has 0 aliphatic carbocycles. The number of nitrogens with one attached hydrogen (secondary N) is 1. The molecule has 1 rings (SSSR count). The second kappa shape index (κ2) is 4.41. The van der Waals surface area contributed by atoms with Crippen LogP contribution in [0.1, 0.15) is 19.8 Å². The molecule has 1 amide bonds. The van der Waals surface area contributed by atoms with Crippen LogP contribution in [0.15, 0.2) is 0 Å². The fraction of sp³-hybridized carbons (Fsp3) is 0.778. The summed E-state index contributed by atoms with van der Waals surface area (Å²) in [5, 5.41) is 11.7. The van der Waals surface area contributed by atoms with Crippen molar-refractivity contribution in [3.63, 3.8) is 0 Å². The molecule has 5 nitrogen and oxygen atoms in total. The normalized spacial score (nSPS) is 24.0. The molecule has 2 atom stereocenters. The van der Waals surface area contributed by atoms with Crippen LogP contribution in [0.4, 0.5) is 0 Å². The van der Waals surface area contributed by atoms with Crippen LogP contribution < -0.4 is 5.32 Å². The molecule has 80 valence electrons. The zero-order valence-electron chi connectivity index (χ0n) is 8.49. The summed E-state index contributed by atoms with van der Waals surface area (Å²) < 4.78 is 0. The summed E-state index contributed by atoms with van der Waals surface area (Å²) in [5.41, 5.74) is 0. The zero-order chi connectivity index (χ0) is 10.7. The predicted molar refractivity (Wildman–Crippen MR) is 50.9 cm³/mol. The van der Waals surface area contributed by atoms with Crippen LogP contribution in [-0.4, -0.2) is 47.6 Å². The number of carboxylic acids is 1. The largest absolute Gasteiger partial charge is 0.480 e. The van der Waals surface area contributed by atoms with Crippen molar-refractivity contribution in [2.75, 3.05) is 13.6 Å². The zero-order valence-corrected chi connectivity index (χ0v) is 8.49. The fourth-order valence-electron chi connectivity index (χ4n) is 1.58. The highest BCUT2D eigenvalue weighted by Gasteiger charge is 2.31. The van der Waals surface area contributed by atoms with E-state index in [-0.39, 0.29) is 11.9 Å². The van der Waals surface area contributed by atoms with Gasteiger partial charge in [0.25, 0.3) is 0 Å². The summed E-state index contributed by atoms with van der Waals surface area (Å²) in [4.78, 5) is 23.8. The Bertz CT molecular complexity index is 242. The van der Waals surface area contributed by atoms with E-state index in [1.807, 2.05) is 0 Å². The Morgan fingerprint density at radius 3 is 2.79 bits per heavy atom. The predicted octanol–water partition coefficient (Wildman–Crippen LogP) is -0.330. The second-order valence-corrected chi connectivity index (χ2v) is 3.57. The quantitative estimate of drug-likeness (QED) is 0.652. The summed E-state index contributed by atoms with van der Waals surface area (Å²) >= 11 is 0. The van der Waals surface area contributed by atoms with Gasteiger partial charge in [0, 0.05) is 13.6 Å². The van der Waals surface area contributed by atoms with Gasteiger partial charge in [0.05, 0.1) is 6.04 Å². The molecule has 5 heteroatoms. The molecule has 0 spiro atoms. The molecule has 2 unspecified atom stereocenters. The number of likely N-dealkylation sites (N-methyl/N-ethyl adjacent to an activating group) is 1. The van der Waals surface area contributed by atoms with Crippen molar-refractivity contribution in [2.45, 2.75) is 31.8 Å². The number of hydrogen-bond acceptors (Lipinski definition) is 3. The molecule has 2 N–H and O–H groups in total. The van der Waals surface area contributed by atoms with Crippen LogP contribution in [0.3, 0.4) is 0 Å². The first-order valence-electron chi connectivity index (χ1n) is 4.80. The van der Waals surface area contributed by atoms with Gasteiger partial charge in [-0.15, -0.1) is 0 Å². The molecule has 0 aromatic carbocycles. The van der Waals surface area contributed by atoms with Crippen LogP contribution in [0.25, 0.3) is 0 Å². The highest BCUT2D eigenvalue weighted by Crippen LogP contribution is 2.09. The third-order valence-corrected chi connectivity index (χ3v) is 2.54. The van der Waals surface area contributed by atoms with Crippen molar-refractivity contribution in [1.82, 2.24) is 10.2 Å². The molecule has 1 aliphatic rings. The molecule has 1 heterocycles. The lowest BCUT2D eigenvalue weighted by atomic mass is 10.1. The van der Waals surface area contributed by atoms with Crippen LogP contribution in [0.2, 0.25) is 0 Å². The average molecular weight is 200 g/mol. The summed E-state index contributed by atoms with van der Waals surface area (Å²) in [5.74, 6) is -0.903. The summed E-state index contributed by atoms with van der Waals surface area (Å²) in [7, 11) is 1.73. The van der Waals surface area contributed by atoms with Crippen molar-refractivity contribution >= 4 is 11.9 Å². The summed E-state index contributed by atoms with van der Waals surface area (Å²) in [6, 6.07) is -0.934. The molecule has 0 bridgehead atoms. The Morgan fingerprint density at radius 1 is 1.79 bits per heavy atom. The number of carboxylic acid groups (broad SMARTS) is 1.